The number of carbonyl (C=O) groups is 9. The number of fused-ring (bicyclic) bond motifs is 4. The van der Waals surface area contributed by atoms with E-state index in [-0.39, 0.29) is 109 Å². The highest BCUT2D eigenvalue weighted by Crippen LogP contribution is 2.43. The second-order valence-corrected chi connectivity index (χ2v) is 38.0. The van der Waals surface area contributed by atoms with Crippen LogP contribution in [-0.4, -0.2) is 73.0 Å². The molecule has 28 nitrogen and oxygen atoms in total. The summed E-state index contributed by atoms with van der Waals surface area (Å²) in [5.41, 5.74) is 44.2. The van der Waals surface area contributed by atoms with Gasteiger partial charge in [-0.2, -0.15) is 0 Å². The minimum atomic E-state index is -0.355. The third-order valence-electron chi connectivity index (χ3n) is 22.6. The summed E-state index contributed by atoms with van der Waals surface area (Å²) in [6, 6.07) is 33.2. The highest BCUT2D eigenvalue weighted by molar-refractivity contribution is 14.1. The van der Waals surface area contributed by atoms with Gasteiger partial charge in [0, 0.05) is 145 Å². The molecule has 32 heteroatoms. The van der Waals surface area contributed by atoms with Crippen molar-refractivity contribution in [3.8, 4) is 46.0 Å². The highest BCUT2D eigenvalue weighted by atomic mass is 127. The number of benzene rings is 8. The van der Waals surface area contributed by atoms with E-state index in [2.05, 4.69) is 72.4 Å². The molecule has 738 valence electrons. The molecule has 12 rings (SSSR count). The van der Waals surface area contributed by atoms with Gasteiger partial charge in [-0.05, 0) is 258 Å². The third-order valence-corrected chi connectivity index (χ3v) is 25.5. The number of phenols is 4. The molecule has 139 heavy (non-hydrogen) atoms. The third kappa shape index (κ3) is 31.5. The molecule has 18 N–H and O–H groups in total. The van der Waals surface area contributed by atoms with Crippen molar-refractivity contribution < 1.29 is 100 Å². The SMILES string of the molecule is C=C(CCCC)Oc1ccc2c(C(=O)c3cc(Br)c(O)c(Br)c3)c(CCCCCC(N)=O)oc2c1.C=C(CCCC)Oc1ccc2c(C(=O)c3cc(I)c(O)c(I)c3)c(CCCCCC(N)=O)oc2c1.C=C(CCCC)Oc1ccc2c(C(=O)c3cc(N)c(O)c(N)c3)c(CCCCCC(N)=O)oc2c1.CCCCC(=O)Oc1ccc2c(C(=O)c3cc(N)c(O)c(N)c3)c(CCCCC(C)=O)oc2c1. The summed E-state index contributed by atoms with van der Waals surface area (Å²) in [4.78, 5) is 111. The number of phenolic OH excluding ortho intramolecular Hbond substituents is 4. The molecular weight excluding hydrogens is 2130 g/mol. The van der Waals surface area contributed by atoms with Crippen LogP contribution >= 0.6 is 77.0 Å². The van der Waals surface area contributed by atoms with Gasteiger partial charge in [-0.25, -0.2) is 0 Å². The Morgan fingerprint density at radius 2 is 0.583 bits per heavy atom. The Morgan fingerprint density at radius 1 is 0.324 bits per heavy atom. The van der Waals surface area contributed by atoms with Crippen LogP contribution in [-0.2, 0) is 49.7 Å². The van der Waals surface area contributed by atoms with E-state index in [0.717, 1.165) is 103 Å². The smallest absolute Gasteiger partial charge is 0.311 e. The lowest BCUT2D eigenvalue weighted by molar-refractivity contribution is -0.134. The first-order valence-corrected chi connectivity index (χ1v) is 50.2. The maximum Gasteiger partial charge on any atom is 0.311 e. The molecule has 0 saturated carbocycles. The highest BCUT2D eigenvalue weighted by Gasteiger charge is 2.30. The van der Waals surface area contributed by atoms with Crippen LogP contribution in [0.25, 0.3) is 43.9 Å². The van der Waals surface area contributed by atoms with Gasteiger partial charge < -0.3 is 102 Å². The number of anilines is 4. The average Bonchev–Trinajstić information content (AvgIpc) is 1.64. The van der Waals surface area contributed by atoms with E-state index in [9.17, 15) is 63.6 Å². The van der Waals surface area contributed by atoms with Crippen molar-refractivity contribution >= 4 is 196 Å². The molecule has 0 atom stereocenters. The molecule has 4 heterocycles. The van der Waals surface area contributed by atoms with E-state index in [1.807, 2.05) is 76.4 Å². The van der Waals surface area contributed by atoms with Crippen LogP contribution in [0.2, 0.25) is 0 Å². The predicted molar refractivity (Wildman–Crippen MR) is 565 cm³/mol. The van der Waals surface area contributed by atoms with Crippen LogP contribution in [0.3, 0.4) is 0 Å². The number of allylic oxidation sites excluding steroid dienone is 3. The van der Waals surface area contributed by atoms with Gasteiger partial charge in [0.15, 0.2) is 34.6 Å². The quantitative estimate of drug-likeness (QED) is 0.00246. The molecule has 0 unspecified atom stereocenters. The second-order valence-electron chi connectivity index (χ2n) is 33.9. The molecule has 12 aromatic rings. The molecular formula is C107H121Br2I2N7O21. The van der Waals surface area contributed by atoms with Crippen molar-refractivity contribution in [2.24, 2.45) is 17.2 Å². The Morgan fingerprint density at radius 3 is 0.863 bits per heavy atom. The number of nitrogen functional groups attached to an aromatic ring is 4. The van der Waals surface area contributed by atoms with E-state index in [4.69, 9.17) is 76.8 Å². The topological polar surface area (TPSA) is 506 Å². The molecule has 0 aliphatic rings. The number of aryl methyl sites for hydroxylation is 4. The first-order valence-electron chi connectivity index (χ1n) is 46.5. The number of ketones is 5. The number of primary amides is 3. The van der Waals surface area contributed by atoms with Crippen LogP contribution in [0.5, 0.6) is 46.0 Å². The molecule has 0 spiro atoms. The zero-order valence-electron chi connectivity index (χ0n) is 78.9. The summed E-state index contributed by atoms with van der Waals surface area (Å²) >= 11 is 10.6. The summed E-state index contributed by atoms with van der Waals surface area (Å²) in [5.74, 6) is 3.79. The number of unbranched alkanes of at least 4 members (excludes halogenated alkanes) is 11. The van der Waals surface area contributed by atoms with Crippen molar-refractivity contribution in [1.29, 1.82) is 0 Å². The number of amides is 3. The van der Waals surface area contributed by atoms with E-state index >= 15 is 0 Å². The van der Waals surface area contributed by atoms with Gasteiger partial charge in [0.1, 0.15) is 85.7 Å². The first kappa shape index (κ1) is 110. The Labute approximate surface area is 851 Å². The van der Waals surface area contributed by atoms with Crippen molar-refractivity contribution in [2.45, 2.75) is 234 Å². The molecule has 8 aromatic carbocycles. The van der Waals surface area contributed by atoms with E-state index < -0.39 is 0 Å². The zero-order valence-corrected chi connectivity index (χ0v) is 86.4. The lowest BCUT2D eigenvalue weighted by Gasteiger charge is -2.09. The van der Waals surface area contributed by atoms with E-state index in [0.29, 0.717) is 253 Å². The number of ether oxygens (including phenoxy) is 4. The molecule has 3 amide bonds. The fourth-order valence-electron chi connectivity index (χ4n) is 15.3. The van der Waals surface area contributed by atoms with Crippen molar-refractivity contribution in [3.05, 3.63) is 242 Å². The first-order chi connectivity index (χ1) is 66.3. The Kier molecular flexibility index (Phi) is 42.6. The number of hydrogen-bond acceptors (Lipinski definition) is 25. The number of esters is 1. The van der Waals surface area contributed by atoms with E-state index in [1.165, 1.54) is 24.3 Å². The van der Waals surface area contributed by atoms with Crippen molar-refractivity contribution in [1.82, 2.24) is 0 Å². The lowest BCUT2D eigenvalue weighted by Crippen LogP contribution is -2.09. The summed E-state index contributed by atoms with van der Waals surface area (Å²) < 4.78 is 49.6. The second kappa shape index (κ2) is 53.7. The molecule has 0 aliphatic carbocycles. The van der Waals surface area contributed by atoms with Crippen molar-refractivity contribution in [2.75, 3.05) is 22.9 Å². The van der Waals surface area contributed by atoms with Gasteiger partial charge in [0.25, 0.3) is 0 Å². The van der Waals surface area contributed by atoms with E-state index in [1.54, 1.807) is 79.7 Å². The number of halogens is 4. The fraction of sp³-hybridized carbons (Fsp3) is 0.336. The molecule has 0 radical (unpaired) electrons. The number of furan rings is 4. The zero-order chi connectivity index (χ0) is 101. The number of rotatable bonds is 50. The maximum atomic E-state index is 13.7. The normalized spacial score (nSPS) is 11.0. The van der Waals surface area contributed by atoms with Crippen LogP contribution in [0, 0.1) is 7.14 Å². The average molecular weight is 2250 g/mol. The van der Waals surface area contributed by atoms with Crippen LogP contribution in [0.1, 0.15) is 295 Å². The summed E-state index contributed by atoms with van der Waals surface area (Å²) in [7, 11) is 0. The predicted octanol–water partition coefficient (Wildman–Crippen LogP) is 25.0. The molecule has 0 aliphatic heterocycles. The van der Waals surface area contributed by atoms with Crippen molar-refractivity contribution in [3.63, 3.8) is 0 Å². The standard InChI is InChI=1S/C27H29Br2NO5.C27H29I2NO5.C27H33N3O5.C26H30N2O6/c3*1-3-4-8-16(2)34-18-11-12-19-23(15-18)35-22(9-6-5-7-10-24(30)31)25(19)26(32)17-13-20(28)27(33)21(29)14-17;1-3-4-9-23(30)33-17-10-11-18-22(14-17)34-21(8-6-5-7-15(2)29)24(18)25(31)16-12-19(27)26(32)20(28)13-16/h2*11-15,33H,2-10H2,1H3,(H2,30,31);11-15,33H,2-10,28-29H2,1H3,(H2,30,31);10-14,32H,3-9,27-28H2,1-2H3. The molecule has 0 saturated heterocycles. The minimum Gasteiger partial charge on any atom is -0.506 e. The largest absolute Gasteiger partial charge is 0.506 e. The number of carbonyl (C=O) groups excluding carboxylic acids is 9. The monoisotopic (exact) mass is 2250 g/mol. The van der Waals surface area contributed by atoms with Crippen LogP contribution in [0.4, 0.5) is 22.7 Å². The summed E-state index contributed by atoms with van der Waals surface area (Å²) in [6.45, 7) is 21.8. The summed E-state index contributed by atoms with van der Waals surface area (Å²) in [6.07, 6.45) is 21.8. The molecule has 0 fully saturated rings. The molecule has 4 aromatic heterocycles. The Bertz CT molecular complexity index is 5970. The number of Topliss-reactive ketones (excluding diaryl/α,β-unsaturated/α-hetero) is 1. The van der Waals surface area contributed by atoms with Crippen LogP contribution in [0.15, 0.2) is 185 Å². The maximum absolute atomic E-state index is 13.7. The lowest BCUT2D eigenvalue weighted by atomic mass is 9.97. The fourth-order valence-corrected chi connectivity index (χ4v) is 18.2. The number of aromatic hydroxyl groups is 4. The number of hydrogen-bond donors (Lipinski definition) is 11. The van der Waals surface area contributed by atoms with Gasteiger partial charge in [0.05, 0.1) is 78.4 Å². The Hall–Kier alpha value is -12.4. The summed E-state index contributed by atoms with van der Waals surface area (Å²) in [5, 5.41) is 42.6. The minimum absolute atomic E-state index is 0.000404. The van der Waals surface area contributed by atoms with Gasteiger partial charge in [-0.1, -0.05) is 92.4 Å². The van der Waals surface area contributed by atoms with Gasteiger partial charge >= 0.3 is 5.97 Å². The van der Waals surface area contributed by atoms with Crippen LogP contribution < -0.4 is 59.1 Å². The van der Waals surface area contributed by atoms with Gasteiger partial charge in [-0.15, -0.1) is 0 Å². The Balaban J connectivity index is 0.000000207. The van der Waals surface area contributed by atoms with Gasteiger partial charge in [-0.3, -0.25) is 38.4 Å². The molecule has 0 bridgehead atoms. The van der Waals surface area contributed by atoms with Gasteiger partial charge in [0.2, 0.25) is 17.7 Å². The number of nitrogens with two attached hydrogens (primary N) is 7.